The lowest BCUT2D eigenvalue weighted by molar-refractivity contribution is -0.192. The Kier molecular flexibility index (Phi) is 5.99. The van der Waals surface area contributed by atoms with Crippen molar-refractivity contribution >= 4 is 0 Å². The van der Waals surface area contributed by atoms with Gasteiger partial charge in [-0.25, -0.2) is 0 Å². The summed E-state index contributed by atoms with van der Waals surface area (Å²) in [5, 5.41) is 31.7. The first-order valence-corrected chi connectivity index (χ1v) is 12.8. The normalized spacial score (nSPS) is 46.0. The van der Waals surface area contributed by atoms with Gasteiger partial charge in [0.05, 0.1) is 6.10 Å². The molecule has 4 aliphatic rings. The average Bonchev–Trinajstić information content (AvgIpc) is 3.00. The van der Waals surface area contributed by atoms with Crippen LogP contribution in [0.4, 0.5) is 0 Å². The fourth-order valence-corrected chi connectivity index (χ4v) is 8.64. The molecule has 3 N–H and O–H groups in total. The van der Waals surface area contributed by atoms with Crippen molar-refractivity contribution < 1.29 is 15.3 Å². The number of rotatable bonds is 5. The third-order valence-electron chi connectivity index (χ3n) is 10.4. The molecule has 4 aliphatic carbocycles. The minimum absolute atomic E-state index is 0.0289. The van der Waals surface area contributed by atoms with E-state index >= 15 is 0 Å². The molecule has 8 atom stereocenters. The van der Waals surface area contributed by atoms with Crippen LogP contribution in [-0.4, -0.2) is 27.2 Å². The summed E-state index contributed by atoms with van der Waals surface area (Å²) in [7, 11) is 0. The summed E-state index contributed by atoms with van der Waals surface area (Å²) < 4.78 is 0. The first kappa shape index (κ1) is 22.8. The smallest absolute Gasteiger partial charge is 0.166 e. The molecule has 3 nitrogen and oxygen atoms in total. The van der Waals surface area contributed by atoms with E-state index in [0.29, 0.717) is 36.0 Å². The highest BCUT2D eigenvalue weighted by atomic mass is 16.5. The van der Waals surface area contributed by atoms with E-state index in [9.17, 15) is 15.3 Å². The van der Waals surface area contributed by atoms with Crippen molar-refractivity contribution in [1.82, 2.24) is 0 Å². The minimum Gasteiger partial charge on any atom is -0.389 e. The summed E-state index contributed by atoms with van der Waals surface area (Å²) in [5.41, 5.74) is 1.49. The number of aliphatic hydroxyl groups excluding tert-OH is 1. The fraction of sp³-hybridized carbons (Fsp3) is 0.926. The molecule has 172 valence electrons. The standard InChI is InChI=1S/C27H46O3/c1-17(2)7-6-8-18(3)20-9-10-21-24-22(11-12-26(20,21)5)25(4)13-14-27(29,30)16-19(25)15-23(24)28/h15,17-18,20-24,28-30H,6-14,16H2,1-5H3/t18-,20-,21+,22+,23?,24+,25+,26-/m1/s1. The van der Waals surface area contributed by atoms with Gasteiger partial charge in [0.2, 0.25) is 0 Å². The van der Waals surface area contributed by atoms with Gasteiger partial charge in [-0.1, -0.05) is 65.5 Å². The number of aliphatic hydroxyl groups is 3. The molecule has 0 aromatic carbocycles. The number of fused-ring (bicyclic) bond motifs is 5. The summed E-state index contributed by atoms with van der Waals surface area (Å²) in [6, 6.07) is 0. The Morgan fingerprint density at radius 3 is 2.40 bits per heavy atom. The summed E-state index contributed by atoms with van der Waals surface area (Å²) in [4.78, 5) is 0. The maximum Gasteiger partial charge on any atom is 0.166 e. The summed E-state index contributed by atoms with van der Waals surface area (Å²) >= 11 is 0. The van der Waals surface area contributed by atoms with Gasteiger partial charge in [0.15, 0.2) is 5.79 Å². The fourth-order valence-electron chi connectivity index (χ4n) is 8.64. The highest BCUT2D eigenvalue weighted by Gasteiger charge is 2.61. The van der Waals surface area contributed by atoms with Crippen molar-refractivity contribution in [2.45, 2.75) is 111 Å². The Bertz CT molecular complexity index is 667. The molecular formula is C27H46O3. The van der Waals surface area contributed by atoms with Gasteiger partial charge in [-0.15, -0.1) is 0 Å². The summed E-state index contributed by atoms with van der Waals surface area (Å²) in [6.07, 6.45) is 12.3. The zero-order valence-corrected chi connectivity index (χ0v) is 20.0. The van der Waals surface area contributed by atoms with E-state index in [1.165, 1.54) is 44.9 Å². The van der Waals surface area contributed by atoms with Gasteiger partial charge in [-0.2, -0.15) is 0 Å². The van der Waals surface area contributed by atoms with Crippen LogP contribution >= 0.6 is 0 Å². The SMILES string of the molecule is CC(C)CCC[C@@H](C)[C@H]1CC[C@H]2[C@@H]3C(O)C=C4CC(O)(O)CC[C@]4(C)[C@H]3CC[C@]12C. The Morgan fingerprint density at radius 2 is 1.70 bits per heavy atom. The molecule has 3 heteroatoms. The second-order valence-corrected chi connectivity index (χ2v) is 12.6. The Labute approximate surface area is 184 Å². The largest absolute Gasteiger partial charge is 0.389 e. The van der Waals surface area contributed by atoms with E-state index in [4.69, 9.17) is 0 Å². The van der Waals surface area contributed by atoms with Crippen molar-refractivity contribution in [2.24, 2.45) is 46.3 Å². The van der Waals surface area contributed by atoms with Crippen LogP contribution in [-0.2, 0) is 0 Å². The van der Waals surface area contributed by atoms with Crippen LogP contribution in [0.3, 0.4) is 0 Å². The van der Waals surface area contributed by atoms with E-state index in [0.717, 1.165) is 29.7 Å². The Hall–Kier alpha value is -0.380. The highest BCUT2D eigenvalue weighted by Crippen LogP contribution is 2.67. The molecule has 0 spiro atoms. The quantitative estimate of drug-likeness (QED) is 0.398. The zero-order chi connectivity index (χ0) is 21.9. The number of hydrogen-bond acceptors (Lipinski definition) is 3. The summed E-state index contributed by atoms with van der Waals surface area (Å²) in [5.74, 6) is 2.20. The molecule has 3 saturated carbocycles. The lowest BCUT2D eigenvalue weighted by atomic mass is 9.46. The van der Waals surface area contributed by atoms with E-state index in [1.54, 1.807) is 0 Å². The van der Waals surface area contributed by atoms with Crippen molar-refractivity contribution in [3.63, 3.8) is 0 Å². The van der Waals surface area contributed by atoms with Crippen LogP contribution in [0.1, 0.15) is 98.8 Å². The van der Waals surface area contributed by atoms with Gasteiger partial charge in [-0.3, -0.25) is 0 Å². The minimum atomic E-state index is -1.59. The second kappa shape index (κ2) is 7.89. The predicted octanol–water partition coefficient (Wildman–Crippen LogP) is 5.68. The molecule has 3 fully saturated rings. The lowest BCUT2D eigenvalue weighted by Crippen LogP contribution is -2.56. The van der Waals surface area contributed by atoms with Gasteiger partial charge in [-0.05, 0) is 78.4 Å². The maximum atomic E-state index is 11.3. The van der Waals surface area contributed by atoms with Crippen LogP contribution in [0.25, 0.3) is 0 Å². The van der Waals surface area contributed by atoms with Crippen LogP contribution < -0.4 is 0 Å². The van der Waals surface area contributed by atoms with Gasteiger partial charge in [0.25, 0.3) is 0 Å². The molecule has 0 amide bonds. The molecule has 0 aliphatic heterocycles. The van der Waals surface area contributed by atoms with Gasteiger partial charge in [0.1, 0.15) is 0 Å². The van der Waals surface area contributed by atoms with Crippen molar-refractivity contribution in [3.8, 4) is 0 Å². The van der Waals surface area contributed by atoms with Crippen LogP contribution in [0, 0.1) is 46.3 Å². The van der Waals surface area contributed by atoms with Crippen LogP contribution in [0.2, 0.25) is 0 Å². The highest BCUT2D eigenvalue weighted by molar-refractivity contribution is 5.28. The number of hydrogen-bond donors (Lipinski definition) is 3. The van der Waals surface area contributed by atoms with Crippen molar-refractivity contribution in [1.29, 1.82) is 0 Å². The molecule has 4 rings (SSSR count). The Balaban J connectivity index is 1.54. The second-order valence-electron chi connectivity index (χ2n) is 12.6. The van der Waals surface area contributed by atoms with E-state index in [-0.39, 0.29) is 5.41 Å². The lowest BCUT2D eigenvalue weighted by Gasteiger charge is -2.60. The summed E-state index contributed by atoms with van der Waals surface area (Å²) in [6.45, 7) is 12.0. The first-order valence-electron chi connectivity index (χ1n) is 12.8. The molecule has 30 heavy (non-hydrogen) atoms. The molecule has 0 saturated heterocycles. The van der Waals surface area contributed by atoms with E-state index < -0.39 is 11.9 Å². The van der Waals surface area contributed by atoms with Gasteiger partial charge in [0, 0.05) is 12.8 Å². The molecule has 1 unspecified atom stereocenters. The molecule has 0 aromatic heterocycles. The maximum absolute atomic E-state index is 11.3. The monoisotopic (exact) mass is 418 g/mol. The van der Waals surface area contributed by atoms with Crippen molar-refractivity contribution in [2.75, 3.05) is 0 Å². The molecule has 0 heterocycles. The van der Waals surface area contributed by atoms with E-state index in [1.807, 2.05) is 6.08 Å². The third kappa shape index (κ3) is 3.71. The van der Waals surface area contributed by atoms with Gasteiger partial charge >= 0.3 is 0 Å². The van der Waals surface area contributed by atoms with Crippen molar-refractivity contribution in [3.05, 3.63) is 11.6 Å². The van der Waals surface area contributed by atoms with E-state index in [2.05, 4.69) is 34.6 Å². The third-order valence-corrected chi connectivity index (χ3v) is 10.4. The van der Waals surface area contributed by atoms with Crippen LogP contribution in [0.5, 0.6) is 0 Å². The molecular weight excluding hydrogens is 372 g/mol. The zero-order valence-electron chi connectivity index (χ0n) is 20.0. The average molecular weight is 419 g/mol. The van der Waals surface area contributed by atoms with Gasteiger partial charge < -0.3 is 15.3 Å². The molecule has 0 bridgehead atoms. The van der Waals surface area contributed by atoms with Crippen LogP contribution in [0.15, 0.2) is 11.6 Å². The molecule has 0 aromatic rings. The molecule has 0 radical (unpaired) electrons. The topological polar surface area (TPSA) is 60.7 Å². The predicted molar refractivity (Wildman–Crippen MR) is 122 cm³/mol. The first-order chi connectivity index (χ1) is 14.0. The Morgan fingerprint density at radius 1 is 0.967 bits per heavy atom.